The summed E-state index contributed by atoms with van der Waals surface area (Å²) in [6, 6.07) is 8.66. The fourth-order valence-electron chi connectivity index (χ4n) is 2.25. The van der Waals surface area contributed by atoms with Gasteiger partial charge in [-0.1, -0.05) is 12.1 Å². The minimum atomic E-state index is -3.89. The summed E-state index contributed by atoms with van der Waals surface area (Å²) in [7, 11) is -0.973. The molecule has 0 spiro atoms. The van der Waals surface area contributed by atoms with Crippen molar-refractivity contribution in [2.24, 2.45) is 0 Å². The molecule has 11 heteroatoms. The van der Waals surface area contributed by atoms with E-state index in [4.69, 9.17) is 17.0 Å². The van der Waals surface area contributed by atoms with E-state index in [1.54, 1.807) is 29.5 Å². The van der Waals surface area contributed by atoms with Crippen LogP contribution in [0, 0.1) is 0 Å². The van der Waals surface area contributed by atoms with Crippen molar-refractivity contribution >= 4 is 50.7 Å². The van der Waals surface area contributed by atoms with Gasteiger partial charge in [-0.05, 0) is 53.9 Å². The van der Waals surface area contributed by atoms with Crippen molar-refractivity contribution in [2.75, 3.05) is 20.7 Å². The van der Waals surface area contributed by atoms with Crippen LogP contribution in [0.3, 0.4) is 0 Å². The van der Waals surface area contributed by atoms with Crippen LogP contribution < -0.4 is 49.6 Å². The molecule has 0 saturated carbocycles. The smallest absolute Gasteiger partial charge is 1.00 e. The molecule has 152 valence electrons. The third-order valence-electron chi connectivity index (χ3n) is 3.63. The van der Waals surface area contributed by atoms with E-state index >= 15 is 0 Å². The van der Waals surface area contributed by atoms with Crippen LogP contribution in [0.5, 0.6) is 5.75 Å². The monoisotopic (exact) mass is 463 g/mol. The molecule has 2 rings (SSSR count). The van der Waals surface area contributed by atoms with Crippen LogP contribution in [0.1, 0.15) is 11.9 Å². The zero-order valence-electron chi connectivity index (χ0n) is 17.4. The first-order valence-electron chi connectivity index (χ1n) is 8.26. The molecule has 1 aromatic carbocycles. The molecular weight excluding hydrogens is 441 g/mol. The molecule has 1 aromatic heterocycles. The van der Waals surface area contributed by atoms with Crippen LogP contribution in [0.4, 0.5) is 0 Å². The Morgan fingerprint density at radius 2 is 2.10 bits per heavy atom. The Balaban J connectivity index is 0.00000420. The number of thiophene rings is 1. The molecule has 0 aliphatic rings. The first-order valence-corrected chi connectivity index (χ1v) is 11.0. The van der Waals surface area contributed by atoms with E-state index in [9.17, 15) is 13.2 Å². The average molecular weight is 464 g/mol. The summed E-state index contributed by atoms with van der Waals surface area (Å²) < 4.78 is 32.4. The van der Waals surface area contributed by atoms with E-state index in [0.29, 0.717) is 13.0 Å². The molecule has 0 unspecified atom stereocenters. The Hall–Kier alpha value is -1.43. The van der Waals surface area contributed by atoms with Crippen molar-refractivity contribution in [1.29, 1.82) is 0 Å². The van der Waals surface area contributed by atoms with Crippen LogP contribution in [0.15, 0.2) is 46.7 Å². The Morgan fingerprint density at radius 3 is 2.72 bits per heavy atom. The molecule has 0 atom stereocenters. The van der Waals surface area contributed by atoms with E-state index in [1.165, 1.54) is 26.3 Å². The van der Waals surface area contributed by atoms with Crippen molar-refractivity contribution in [3.8, 4) is 5.75 Å². The quantitative estimate of drug-likeness (QED) is 0.265. The van der Waals surface area contributed by atoms with Gasteiger partial charge in [0.25, 0.3) is 10.0 Å². The van der Waals surface area contributed by atoms with Crippen molar-refractivity contribution < 1.29 is 48.9 Å². The minimum absolute atomic E-state index is 0. The Bertz CT molecular complexity index is 967. The molecule has 1 amide bonds. The molecule has 3 N–H and O–H groups in total. The predicted molar refractivity (Wildman–Crippen MR) is 116 cm³/mol. The van der Waals surface area contributed by atoms with Gasteiger partial charge in [0.1, 0.15) is 10.6 Å². The van der Waals surface area contributed by atoms with E-state index in [0.717, 1.165) is 10.4 Å². The molecular formula is C18H22N3NaO4S3. The van der Waals surface area contributed by atoms with Gasteiger partial charge >= 0.3 is 29.6 Å². The standard InChI is InChI=1S/C18H21N3O4S3.Na.H/c1-19-18(26)21-28(23,24)16-12-13(5-7-15(16)25-2)9-10-20-17(22)8-6-14-4-3-11-27-14;;/h3-8,11-12H,9-10H2,1-2H3,(H,20,22)(H2,19,21,26);;/q;+1;-1/b8-6+;;. The molecule has 0 fully saturated rings. The number of carbonyl (C=O) groups is 1. The number of carbonyl (C=O) groups excluding carboxylic acids is 1. The fourth-order valence-corrected chi connectivity index (χ4v) is 4.37. The van der Waals surface area contributed by atoms with Gasteiger partial charge in [0.15, 0.2) is 5.11 Å². The van der Waals surface area contributed by atoms with Gasteiger partial charge in [-0.15, -0.1) is 11.3 Å². The minimum Gasteiger partial charge on any atom is -1.00 e. The average Bonchev–Trinajstić information content (AvgIpc) is 3.19. The van der Waals surface area contributed by atoms with Crippen molar-refractivity contribution in [1.82, 2.24) is 15.4 Å². The van der Waals surface area contributed by atoms with Crippen LogP contribution in [0.25, 0.3) is 6.08 Å². The second kappa shape index (κ2) is 12.3. The molecule has 1 heterocycles. The van der Waals surface area contributed by atoms with Crippen LogP contribution in [-0.4, -0.2) is 40.1 Å². The predicted octanol–water partition coefficient (Wildman–Crippen LogP) is -0.972. The van der Waals surface area contributed by atoms with E-state index in [1.807, 2.05) is 17.5 Å². The van der Waals surface area contributed by atoms with Crippen molar-refractivity contribution in [3.05, 3.63) is 52.2 Å². The Morgan fingerprint density at radius 1 is 1.34 bits per heavy atom. The first kappa shape index (κ1) is 25.6. The van der Waals surface area contributed by atoms with Crippen LogP contribution >= 0.6 is 23.6 Å². The molecule has 0 bridgehead atoms. The first-order chi connectivity index (χ1) is 13.4. The normalized spacial score (nSPS) is 10.8. The van der Waals surface area contributed by atoms with Crippen molar-refractivity contribution in [3.63, 3.8) is 0 Å². The van der Waals surface area contributed by atoms with Gasteiger partial charge in [0, 0.05) is 24.5 Å². The van der Waals surface area contributed by atoms with Crippen LogP contribution in [0.2, 0.25) is 0 Å². The summed E-state index contributed by atoms with van der Waals surface area (Å²) in [4.78, 5) is 12.8. The van der Waals surface area contributed by atoms with Gasteiger partial charge in [-0.25, -0.2) is 8.42 Å². The third kappa shape index (κ3) is 8.07. The number of nitrogens with one attached hydrogen (secondary N) is 3. The number of hydrogen-bond donors (Lipinski definition) is 3. The number of sulfonamides is 1. The molecule has 7 nitrogen and oxygen atoms in total. The van der Waals surface area contributed by atoms with Crippen LogP contribution in [-0.2, 0) is 21.2 Å². The van der Waals surface area contributed by atoms with E-state index in [2.05, 4.69) is 15.4 Å². The second-order valence-corrected chi connectivity index (χ2v) is 8.60. The Labute approximate surface area is 203 Å². The van der Waals surface area contributed by atoms with Gasteiger partial charge in [0.05, 0.1) is 7.11 Å². The summed E-state index contributed by atoms with van der Waals surface area (Å²) in [5.74, 6) is -0.00568. The maximum absolute atomic E-state index is 12.5. The summed E-state index contributed by atoms with van der Waals surface area (Å²) in [5, 5.41) is 7.25. The van der Waals surface area contributed by atoms with Gasteiger partial charge < -0.3 is 16.8 Å². The van der Waals surface area contributed by atoms with E-state index < -0.39 is 10.0 Å². The zero-order valence-corrected chi connectivity index (χ0v) is 20.8. The SMILES string of the molecule is CNC(=S)NS(=O)(=O)c1cc(CCNC(=O)/C=C/c2cccs2)ccc1OC.[H-].[Na+]. The molecule has 2 aromatic rings. The zero-order chi connectivity index (χ0) is 20.6. The number of benzene rings is 1. The molecule has 0 aliphatic heterocycles. The number of methoxy groups -OCH3 is 1. The Kier molecular flexibility index (Phi) is 10.9. The summed E-state index contributed by atoms with van der Waals surface area (Å²) in [5.41, 5.74) is 0.735. The van der Waals surface area contributed by atoms with E-state index in [-0.39, 0.29) is 52.6 Å². The number of hydrogen-bond acceptors (Lipinski definition) is 6. The fraction of sp³-hybridized carbons (Fsp3) is 0.222. The molecule has 0 aliphatic carbocycles. The maximum atomic E-state index is 12.5. The largest absolute Gasteiger partial charge is 1.00 e. The number of ether oxygens (including phenoxy) is 1. The van der Waals surface area contributed by atoms with Gasteiger partial charge in [-0.3, -0.25) is 9.52 Å². The summed E-state index contributed by atoms with van der Waals surface area (Å²) in [6.07, 6.45) is 3.67. The van der Waals surface area contributed by atoms with Gasteiger partial charge in [-0.2, -0.15) is 0 Å². The number of rotatable bonds is 8. The maximum Gasteiger partial charge on any atom is 1.00 e. The van der Waals surface area contributed by atoms with Gasteiger partial charge in [0.2, 0.25) is 5.91 Å². The summed E-state index contributed by atoms with van der Waals surface area (Å²) >= 11 is 6.42. The van der Waals surface area contributed by atoms with Crippen molar-refractivity contribution in [2.45, 2.75) is 11.3 Å². The molecule has 0 radical (unpaired) electrons. The molecule has 29 heavy (non-hydrogen) atoms. The topological polar surface area (TPSA) is 96.5 Å². The number of amides is 1. The second-order valence-electron chi connectivity index (χ2n) is 5.56. The molecule has 0 saturated heterocycles. The summed E-state index contributed by atoms with van der Waals surface area (Å²) in [6.45, 7) is 0.363. The third-order valence-corrected chi connectivity index (χ3v) is 6.27. The number of thiocarbonyl (C=S) groups is 1.